The number of para-hydroxylation sites is 1. The Morgan fingerprint density at radius 2 is 2.21 bits per heavy atom. The number of anilines is 1. The van der Waals surface area contributed by atoms with Crippen molar-refractivity contribution in [3.63, 3.8) is 0 Å². The van der Waals surface area contributed by atoms with Gasteiger partial charge in [0, 0.05) is 12.3 Å². The Morgan fingerprint density at radius 1 is 1.42 bits per heavy atom. The zero-order valence-corrected chi connectivity index (χ0v) is 12.2. The van der Waals surface area contributed by atoms with Gasteiger partial charge >= 0.3 is 5.69 Å². The van der Waals surface area contributed by atoms with Crippen molar-refractivity contribution in [3.8, 4) is 0 Å². The molecule has 2 atom stereocenters. The molecule has 5 heteroatoms. The van der Waals surface area contributed by atoms with Crippen LogP contribution in [-0.4, -0.2) is 17.2 Å². The second-order valence-electron chi connectivity index (χ2n) is 5.17. The van der Waals surface area contributed by atoms with Crippen LogP contribution in [0.2, 0.25) is 0 Å². The average Bonchev–Trinajstić information content (AvgIpc) is 2.38. The van der Waals surface area contributed by atoms with Crippen molar-refractivity contribution in [1.82, 2.24) is 0 Å². The van der Waals surface area contributed by atoms with Crippen LogP contribution in [0.4, 0.5) is 11.4 Å². The number of hydrogen-bond acceptors (Lipinski definition) is 4. The van der Waals surface area contributed by atoms with Gasteiger partial charge in [0.05, 0.1) is 9.82 Å². The second-order valence-corrected chi connectivity index (χ2v) is 6.51. The zero-order valence-electron chi connectivity index (χ0n) is 11.4. The van der Waals surface area contributed by atoms with Crippen molar-refractivity contribution in [2.75, 3.05) is 12.4 Å². The SMILES string of the molecule is CNc1cccc(SC2CCCC(C)C2)c1[N+](=O)[O-]. The molecule has 1 saturated carbocycles. The summed E-state index contributed by atoms with van der Waals surface area (Å²) in [6, 6.07) is 5.50. The van der Waals surface area contributed by atoms with Crippen molar-refractivity contribution >= 4 is 23.1 Å². The lowest BCUT2D eigenvalue weighted by Gasteiger charge is -2.26. The predicted octanol–water partition coefficient (Wildman–Crippen LogP) is 4.31. The van der Waals surface area contributed by atoms with E-state index in [9.17, 15) is 10.1 Å². The van der Waals surface area contributed by atoms with E-state index in [2.05, 4.69) is 12.2 Å². The lowest BCUT2D eigenvalue weighted by atomic mass is 9.91. The maximum atomic E-state index is 11.3. The predicted molar refractivity (Wildman–Crippen MR) is 79.9 cm³/mol. The van der Waals surface area contributed by atoms with E-state index < -0.39 is 0 Å². The summed E-state index contributed by atoms with van der Waals surface area (Å²) in [5.41, 5.74) is 0.812. The third kappa shape index (κ3) is 3.41. The number of nitro benzene ring substituents is 1. The van der Waals surface area contributed by atoms with Gasteiger partial charge in [0.2, 0.25) is 0 Å². The number of benzene rings is 1. The molecule has 0 amide bonds. The Kier molecular flexibility index (Phi) is 4.69. The molecule has 1 aliphatic rings. The summed E-state index contributed by atoms with van der Waals surface area (Å²) < 4.78 is 0. The molecule has 0 aliphatic heterocycles. The molecule has 0 aromatic heterocycles. The van der Waals surface area contributed by atoms with E-state index in [-0.39, 0.29) is 10.6 Å². The van der Waals surface area contributed by atoms with Crippen LogP contribution in [0.5, 0.6) is 0 Å². The highest BCUT2D eigenvalue weighted by molar-refractivity contribution is 8.00. The maximum Gasteiger partial charge on any atom is 0.305 e. The van der Waals surface area contributed by atoms with Crippen molar-refractivity contribution in [1.29, 1.82) is 0 Å². The fourth-order valence-corrected chi connectivity index (χ4v) is 4.19. The minimum Gasteiger partial charge on any atom is -0.383 e. The molecule has 0 saturated heterocycles. The molecule has 0 radical (unpaired) electrons. The van der Waals surface area contributed by atoms with E-state index in [1.807, 2.05) is 12.1 Å². The minimum atomic E-state index is -0.277. The summed E-state index contributed by atoms with van der Waals surface area (Å²) in [5, 5.41) is 14.7. The quantitative estimate of drug-likeness (QED) is 0.659. The molecule has 4 nitrogen and oxygen atoms in total. The standard InChI is InChI=1S/C14H20N2O2S/c1-10-5-3-6-11(9-10)19-13-8-4-7-12(15-2)14(13)16(17)18/h4,7-8,10-11,15H,3,5-6,9H2,1-2H3. The van der Waals surface area contributed by atoms with Gasteiger partial charge in [0.1, 0.15) is 5.69 Å². The Hall–Kier alpha value is -1.23. The average molecular weight is 280 g/mol. The molecule has 1 aromatic carbocycles. The summed E-state index contributed by atoms with van der Waals surface area (Å²) in [5.74, 6) is 0.734. The molecule has 1 fully saturated rings. The van der Waals surface area contributed by atoms with Crippen LogP contribution < -0.4 is 5.32 Å². The van der Waals surface area contributed by atoms with E-state index in [0.717, 1.165) is 23.7 Å². The molecule has 0 bridgehead atoms. The van der Waals surface area contributed by atoms with Crippen molar-refractivity contribution in [2.24, 2.45) is 5.92 Å². The lowest BCUT2D eigenvalue weighted by molar-refractivity contribution is -0.386. The summed E-state index contributed by atoms with van der Waals surface area (Å²) in [4.78, 5) is 11.8. The molecular formula is C14H20N2O2S. The van der Waals surface area contributed by atoms with Gasteiger partial charge < -0.3 is 5.32 Å². The lowest BCUT2D eigenvalue weighted by Crippen LogP contribution is -2.15. The molecule has 19 heavy (non-hydrogen) atoms. The monoisotopic (exact) mass is 280 g/mol. The Morgan fingerprint density at radius 3 is 2.84 bits per heavy atom. The smallest absolute Gasteiger partial charge is 0.305 e. The first kappa shape index (κ1) is 14.2. The largest absolute Gasteiger partial charge is 0.383 e. The number of nitrogens with one attached hydrogen (secondary N) is 1. The van der Waals surface area contributed by atoms with Crippen molar-refractivity contribution in [3.05, 3.63) is 28.3 Å². The van der Waals surface area contributed by atoms with E-state index in [4.69, 9.17) is 0 Å². The third-order valence-corrected chi connectivity index (χ3v) is 4.98. The van der Waals surface area contributed by atoms with E-state index in [0.29, 0.717) is 10.9 Å². The van der Waals surface area contributed by atoms with Crippen LogP contribution >= 0.6 is 11.8 Å². The molecular weight excluding hydrogens is 260 g/mol. The van der Waals surface area contributed by atoms with Gasteiger partial charge in [0.25, 0.3) is 0 Å². The summed E-state index contributed by atoms with van der Waals surface area (Å²) in [6.07, 6.45) is 4.84. The Bertz CT molecular complexity index is 465. The molecule has 2 unspecified atom stereocenters. The first-order chi connectivity index (χ1) is 9.11. The summed E-state index contributed by atoms with van der Waals surface area (Å²) >= 11 is 1.67. The van der Waals surface area contributed by atoms with Gasteiger partial charge in [-0.25, -0.2) is 0 Å². The number of nitrogens with zero attached hydrogens (tertiary/aromatic N) is 1. The van der Waals surface area contributed by atoms with Crippen molar-refractivity contribution in [2.45, 2.75) is 42.8 Å². The topological polar surface area (TPSA) is 55.2 Å². The molecule has 2 rings (SSSR count). The molecule has 0 heterocycles. The van der Waals surface area contributed by atoms with Gasteiger partial charge in [0.15, 0.2) is 0 Å². The number of rotatable bonds is 4. The van der Waals surface area contributed by atoms with Gasteiger partial charge in [-0.15, -0.1) is 11.8 Å². The third-order valence-electron chi connectivity index (χ3n) is 3.63. The van der Waals surface area contributed by atoms with E-state index in [1.54, 1.807) is 24.9 Å². The Labute approximate surface area is 118 Å². The normalized spacial score (nSPS) is 23.1. The summed E-state index contributed by atoms with van der Waals surface area (Å²) in [7, 11) is 1.72. The maximum absolute atomic E-state index is 11.3. The molecule has 1 aliphatic carbocycles. The summed E-state index contributed by atoms with van der Waals surface area (Å²) in [6.45, 7) is 2.27. The van der Waals surface area contributed by atoms with Crippen LogP contribution in [0.1, 0.15) is 32.6 Å². The van der Waals surface area contributed by atoms with E-state index in [1.165, 1.54) is 12.8 Å². The van der Waals surface area contributed by atoms with Crippen LogP contribution in [-0.2, 0) is 0 Å². The highest BCUT2D eigenvalue weighted by Crippen LogP contribution is 2.42. The first-order valence-corrected chi connectivity index (χ1v) is 7.61. The van der Waals surface area contributed by atoms with Gasteiger partial charge in [-0.1, -0.05) is 25.8 Å². The van der Waals surface area contributed by atoms with Crippen molar-refractivity contribution < 1.29 is 4.92 Å². The second kappa shape index (κ2) is 6.28. The van der Waals surface area contributed by atoms with Crippen LogP contribution in [0.25, 0.3) is 0 Å². The fraction of sp³-hybridized carbons (Fsp3) is 0.571. The van der Waals surface area contributed by atoms with Crippen LogP contribution in [0, 0.1) is 16.0 Å². The zero-order chi connectivity index (χ0) is 13.8. The first-order valence-electron chi connectivity index (χ1n) is 6.73. The molecule has 1 aromatic rings. The number of hydrogen-bond donors (Lipinski definition) is 1. The van der Waals surface area contributed by atoms with Crippen LogP contribution in [0.15, 0.2) is 23.1 Å². The minimum absolute atomic E-state index is 0.216. The van der Waals surface area contributed by atoms with E-state index >= 15 is 0 Å². The van der Waals surface area contributed by atoms with Gasteiger partial charge in [-0.2, -0.15) is 0 Å². The molecule has 1 N–H and O–H groups in total. The number of thioether (sulfide) groups is 1. The fourth-order valence-electron chi connectivity index (χ4n) is 2.67. The Balaban J connectivity index is 2.21. The molecule has 104 valence electrons. The highest BCUT2D eigenvalue weighted by Gasteiger charge is 2.25. The van der Waals surface area contributed by atoms with Gasteiger partial charge in [-0.05, 0) is 30.9 Å². The number of nitro groups is 1. The highest BCUT2D eigenvalue weighted by atomic mass is 32.2. The molecule has 0 spiro atoms. The van der Waals surface area contributed by atoms with Crippen LogP contribution in [0.3, 0.4) is 0 Å². The van der Waals surface area contributed by atoms with Gasteiger partial charge in [-0.3, -0.25) is 10.1 Å².